The van der Waals surface area contributed by atoms with Gasteiger partial charge >= 0.3 is 0 Å². The number of anilines is 1. The molecule has 4 aromatic rings. The van der Waals surface area contributed by atoms with Crippen LogP contribution in [0.2, 0.25) is 0 Å². The number of sulfone groups is 1. The number of hydrogen-bond acceptors (Lipinski definition) is 8. The summed E-state index contributed by atoms with van der Waals surface area (Å²) in [6.07, 6.45) is 2.84. The minimum Gasteiger partial charge on any atom is -0.463 e. The van der Waals surface area contributed by atoms with E-state index in [1.165, 1.54) is 18.2 Å². The molecular formula is C29H27FN4O5S. The van der Waals surface area contributed by atoms with E-state index in [0.29, 0.717) is 17.0 Å². The van der Waals surface area contributed by atoms with Crippen LogP contribution in [0.4, 0.5) is 10.2 Å². The average molecular weight is 563 g/mol. The van der Waals surface area contributed by atoms with E-state index in [9.17, 15) is 17.6 Å². The second-order valence-corrected chi connectivity index (χ2v) is 11.4. The lowest BCUT2D eigenvalue weighted by atomic mass is 10.1. The zero-order chi connectivity index (χ0) is 28.3. The van der Waals surface area contributed by atoms with E-state index in [1.54, 1.807) is 18.3 Å². The Labute approximate surface area is 231 Å². The molecule has 3 aromatic heterocycles. The Bertz CT molecular complexity index is 1720. The fourth-order valence-electron chi connectivity index (χ4n) is 4.54. The zero-order valence-corrected chi connectivity index (χ0v) is 22.7. The number of morpholine rings is 1. The lowest BCUT2D eigenvalue weighted by molar-refractivity contribution is -0.00546. The maximum Gasteiger partial charge on any atom is 0.251 e. The summed E-state index contributed by atoms with van der Waals surface area (Å²) in [5.74, 6) is 6.61. The molecule has 0 unspecified atom stereocenters. The molecule has 1 aromatic carbocycles. The first-order valence-electron chi connectivity index (χ1n) is 12.6. The molecular weight excluding hydrogens is 535 g/mol. The summed E-state index contributed by atoms with van der Waals surface area (Å²) in [6.45, 7) is 5.74. The standard InChI is InChI=1S/C29H27FN4O5S/c1-19-15-34(16-20(2)39-19)28-5-3-4-23(33-28)8-6-21-10-11-31-24(12-21)14-32-29(35)22-7-9-26-25(13-22)27(17-38-26)40(36,37)18-30/h3-5,7,9-13,17,19-20H,14-16,18H2,1-2H3,(H,32,35)/t19-,20+. The normalized spacial score (nSPS) is 17.3. The maximum absolute atomic E-state index is 13.0. The molecule has 0 spiro atoms. The van der Waals surface area contributed by atoms with Crippen molar-refractivity contribution in [1.29, 1.82) is 0 Å². The first kappa shape index (κ1) is 27.3. The molecule has 0 bridgehead atoms. The molecule has 1 saturated heterocycles. The number of alkyl halides is 1. The van der Waals surface area contributed by atoms with Crippen LogP contribution in [0.15, 0.2) is 70.3 Å². The van der Waals surface area contributed by atoms with Crippen molar-refractivity contribution >= 4 is 32.5 Å². The zero-order valence-electron chi connectivity index (χ0n) is 21.9. The molecule has 40 heavy (non-hydrogen) atoms. The van der Waals surface area contributed by atoms with E-state index < -0.39 is 21.8 Å². The maximum atomic E-state index is 13.0. The van der Waals surface area contributed by atoms with Gasteiger partial charge in [0.25, 0.3) is 5.91 Å². The smallest absolute Gasteiger partial charge is 0.251 e. The highest BCUT2D eigenvalue weighted by molar-refractivity contribution is 7.91. The molecule has 1 fully saturated rings. The number of benzene rings is 1. The number of carbonyl (C=O) groups is 1. The number of pyridine rings is 2. The molecule has 5 rings (SSSR count). The first-order valence-corrected chi connectivity index (χ1v) is 14.3. The van der Waals surface area contributed by atoms with Gasteiger partial charge in [-0.2, -0.15) is 0 Å². The van der Waals surface area contributed by atoms with E-state index in [2.05, 4.69) is 27.0 Å². The van der Waals surface area contributed by atoms with Gasteiger partial charge in [-0.25, -0.2) is 17.8 Å². The van der Waals surface area contributed by atoms with E-state index >= 15 is 0 Å². The lowest BCUT2D eigenvalue weighted by Crippen LogP contribution is -2.45. The minimum atomic E-state index is -4.15. The second kappa shape index (κ2) is 11.5. The van der Waals surface area contributed by atoms with Crippen molar-refractivity contribution in [2.24, 2.45) is 0 Å². The second-order valence-electron chi connectivity index (χ2n) is 9.55. The van der Waals surface area contributed by atoms with Gasteiger partial charge in [0.15, 0.2) is 6.01 Å². The fraction of sp³-hybridized carbons (Fsp3) is 0.276. The third-order valence-electron chi connectivity index (χ3n) is 6.34. The summed E-state index contributed by atoms with van der Waals surface area (Å²) >= 11 is 0. The third-order valence-corrected chi connectivity index (χ3v) is 7.61. The fourth-order valence-corrected chi connectivity index (χ4v) is 5.35. The first-order chi connectivity index (χ1) is 19.2. The highest BCUT2D eigenvalue weighted by Crippen LogP contribution is 2.27. The van der Waals surface area contributed by atoms with E-state index in [4.69, 9.17) is 14.1 Å². The molecule has 1 amide bonds. The summed E-state index contributed by atoms with van der Waals surface area (Å²) in [4.78, 5) is 23.7. The van der Waals surface area contributed by atoms with Gasteiger partial charge in [0, 0.05) is 35.8 Å². The molecule has 9 nitrogen and oxygen atoms in total. The van der Waals surface area contributed by atoms with Crippen LogP contribution in [0.3, 0.4) is 0 Å². The number of hydrogen-bond donors (Lipinski definition) is 1. The Balaban J connectivity index is 1.26. The monoisotopic (exact) mass is 562 g/mol. The van der Waals surface area contributed by atoms with Gasteiger partial charge in [-0.05, 0) is 62.2 Å². The van der Waals surface area contributed by atoms with Crippen molar-refractivity contribution in [3.05, 3.63) is 83.5 Å². The van der Waals surface area contributed by atoms with Crippen molar-refractivity contribution in [2.75, 3.05) is 24.0 Å². The summed E-state index contributed by atoms with van der Waals surface area (Å²) in [7, 11) is -4.15. The van der Waals surface area contributed by atoms with Gasteiger partial charge < -0.3 is 19.4 Å². The Hall–Kier alpha value is -4.27. The number of nitrogens with one attached hydrogen (secondary N) is 1. The molecule has 0 radical (unpaired) electrons. The Morgan fingerprint density at radius 2 is 1.93 bits per heavy atom. The number of carbonyl (C=O) groups excluding carboxylic acids is 1. The third kappa shape index (κ3) is 6.14. The molecule has 1 N–H and O–H groups in total. The summed E-state index contributed by atoms with van der Waals surface area (Å²) in [6, 6.07) is 12.1. The van der Waals surface area contributed by atoms with E-state index in [0.717, 1.165) is 25.2 Å². The molecule has 0 saturated carbocycles. The van der Waals surface area contributed by atoms with Crippen LogP contribution in [0.5, 0.6) is 0 Å². The minimum absolute atomic E-state index is 0.120. The van der Waals surface area contributed by atoms with Gasteiger partial charge in [0.05, 0.1) is 24.4 Å². The molecule has 11 heteroatoms. The van der Waals surface area contributed by atoms with Gasteiger partial charge in [0.1, 0.15) is 28.3 Å². The van der Waals surface area contributed by atoms with Crippen molar-refractivity contribution < 1.29 is 26.8 Å². The van der Waals surface area contributed by atoms with Crippen LogP contribution in [-0.2, 0) is 21.1 Å². The Kier molecular flexibility index (Phi) is 7.82. The summed E-state index contributed by atoms with van der Waals surface area (Å²) in [5, 5.41) is 2.91. The average Bonchev–Trinajstić information content (AvgIpc) is 3.39. The number of rotatable bonds is 6. The van der Waals surface area contributed by atoms with Crippen molar-refractivity contribution in [3.8, 4) is 11.8 Å². The van der Waals surface area contributed by atoms with Crippen LogP contribution in [0.25, 0.3) is 11.0 Å². The van der Waals surface area contributed by atoms with E-state index in [1.807, 2.05) is 32.0 Å². The quantitative estimate of drug-likeness (QED) is 0.353. The SMILES string of the molecule is C[C@@H]1CN(c2cccc(C#Cc3ccnc(CNC(=O)c4ccc5occ(S(=O)(=O)CF)c5c4)c3)n2)C[C@H](C)O1. The van der Waals surface area contributed by atoms with Crippen molar-refractivity contribution in [2.45, 2.75) is 37.5 Å². The Morgan fingerprint density at radius 3 is 2.70 bits per heavy atom. The number of nitrogens with zero attached hydrogens (tertiary/aromatic N) is 3. The summed E-state index contributed by atoms with van der Waals surface area (Å²) in [5.41, 5.74) is 2.38. The van der Waals surface area contributed by atoms with Gasteiger partial charge in [0.2, 0.25) is 9.84 Å². The van der Waals surface area contributed by atoms with E-state index in [-0.39, 0.29) is 40.2 Å². The lowest BCUT2D eigenvalue weighted by Gasteiger charge is -2.36. The topological polar surface area (TPSA) is 115 Å². The number of ether oxygens (including phenoxy) is 1. The van der Waals surface area contributed by atoms with Gasteiger partial charge in [-0.15, -0.1) is 0 Å². The highest BCUT2D eigenvalue weighted by Gasteiger charge is 2.23. The van der Waals surface area contributed by atoms with Gasteiger partial charge in [-0.3, -0.25) is 9.78 Å². The van der Waals surface area contributed by atoms with Crippen molar-refractivity contribution in [1.82, 2.24) is 15.3 Å². The number of furan rings is 1. The van der Waals surface area contributed by atoms with Crippen LogP contribution in [0, 0.1) is 11.8 Å². The largest absolute Gasteiger partial charge is 0.463 e. The summed E-state index contributed by atoms with van der Waals surface area (Å²) < 4.78 is 48.0. The number of amides is 1. The number of halogens is 1. The van der Waals surface area contributed by atoms with Crippen LogP contribution in [-0.4, -0.2) is 55.6 Å². The molecule has 4 heterocycles. The predicted molar refractivity (Wildman–Crippen MR) is 147 cm³/mol. The molecule has 206 valence electrons. The predicted octanol–water partition coefficient (Wildman–Crippen LogP) is 3.87. The van der Waals surface area contributed by atoms with Crippen LogP contribution < -0.4 is 10.2 Å². The molecule has 1 aliphatic heterocycles. The number of fused-ring (bicyclic) bond motifs is 1. The van der Waals surface area contributed by atoms with Crippen LogP contribution in [0.1, 0.15) is 41.2 Å². The molecule has 1 aliphatic rings. The Morgan fingerprint density at radius 1 is 1.12 bits per heavy atom. The molecule has 2 atom stereocenters. The molecule has 0 aliphatic carbocycles. The van der Waals surface area contributed by atoms with Gasteiger partial charge in [-0.1, -0.05) is 12.0 Å². The van der Waals surface area contributed by atoms with Crippen molar-refractivity contribution in [3.63, 3.8) is 0 Å². The van der Waals surface area contributed by atoms with Crippen LogP contribution >= 0.6 is 0 Å². The highest BCUT2D eigenvalue weighted by atomic mass is 32.2. The number of aromatic nitrogens is 2.